The van der Waals surface area contributed by atoms with E-state index in [2.05, 4.69) is 20.9 Å². The Morgan fingerprint density at radius 3 is 2.89 bits per heavy atom. The molecule has 0 unspecified atom stereocenters. The lowest BCUT2D eigenvalue weighted by Gasteiger charge is -1.99. The van der Waals surface area contributed by atoms with E-state index in [-0.39, 0.29) is 5.56 Å². The van der Waals surface area contributed by atoms with Gasteiger partial charge in [-0.1, -0.05) is 0 Å². The van der Waals surface area contributed by atoms with E-state index >= 15 is 0 Å². The molecule has 0 saturated heterocycles. The predicted octanol–water partition coefficient (Wildman–Crippen LogP) is 1.75. The van der Waals surface area contributed by atoms with Gasteiger partial charge in [0.05, 0.1) is 22.3 Å². The maximum absolute atomic E-state index is 11.0. The van der Waals surface area contributed by atoms with Crippen molar-refractivity contribution in [3.8, 4) is 0 Å². The molecular weight excluding hydrogens is 312 g/mol. The fourth-order valence-electron chi connectivity index (χ4n) is 2.23. The summed E-state index contributed by atoms with van der Waals surface area (Å²) in [7, 11) is 1.88. The van der Waals surface area contributed by atoms with E-state index in [9.17, 15) is 4.79 Å². The number of carboxylic acid groups (broad SMARTS) is 1. The molecule has 0 bridgehead atoms. The molecule has 2 aromatic heterocycles. The maximum atomic E-state index is 11.0. The monoisotopic (exact) mass is 322 g/mol. The highest BCUT2D eigenvalue weighted by Crippen LogP contribution is 2.27. The number of halogens is 1. The van der Waals surface area contributed by atoms with Crippen LogP contribution in [-0.2, 0) is 13.6 Å². The number of hydrogen-bond acceptors (Lipinski definition) is 3. The summed E-state index contributed by atoms with van der Waals surface area (Å²) in [6.45, 7) is 0.398. The number of benzene rings is 1. The number of carbonyl (C=O) groups is 1. The number of aryl methyl sites for hydroxylation is 1. The molecule has 0 aliphatic heterocycles. The van der Waals surface area contributed by atoms with Crippen LogP contribution in [0.2, 0.25) is 0 Å². The first kappa shape index (κ1) is 12.2. The van der Waals surface area contributed by atoms with E-state index in [1.807, 2.05) is 16.0 Å². The number of aromatic carboxylic acids is 1. The molecule has 0 atom stereocenters. The highest BCUT2D eigenvalue weighted by atomic mass is 79.9. The minimum absolute atomic E-state index is 0.228. The molecule has 2 heterocycles. The smallest absolute Gasteiger partial charge is 0.335 e. The molecule has 7 heteroatoms. The number of imidazole rings is 2. The molecule has 0 radical (unpaired) electrons. The second-order valence-electron chi connectivity index (χ2n) is 4.26. The fraction of sp³-hybridized carbons (Fsp3) is 0.167. The molecule has 0 aliphatic rings. The number of aromatic nitrogens is 3. The molecule has 0 spiro atoms. The van der Waals surface area contributed by atoms with Gasteiger partial charge in [-0.15, -0.1) is 0 Å². The normalized spacial score (nSPS) is 11.5. The zero-order valence-electron chi connectivity index (χ0n) is 10.1. The SMILES string of the molecule is Cn1c(CN)c(Br)n2c3ccc(C(=O)O)cc3nc12. The third kappa shape index (κ3) is 1.58. The third-order valence-corrected chi connectivity index (χ3v) is 4.03. The summed E-state index contributed by atoms with van der Waals surface area (Å²) in [6, 6.07) is 4.89. The van der Waals surface area contributed by atoms with E-state index in [0.29, 0.717) is 12.1 Å². The first-order valence-electron chi connectivity index (χ1n) is 5.63. The Kier molecular flexibility index (Phi) is 2.61. The topological polar surface area (TPSA) is 85.5 Å². The van der Waals surface area contributed by atoms with Crippen LogP contribution < -0.4 is 5.73 Å². The Labute approximate surface area is 116 Å². The predicted molar refractivity (Wildman–Crippen MR) is 74.2 cm³/mol. The van der Waals surface area contributed by atoms with Crippen molar-refractivity contribution >= 4 is 38.7 Å². The zero-order chi connectivity index (χ0) is 13.7. The fourth-order valence-corrected chi connectivity index (χ4v) is 3.01. The Morgan fingerprint density at radius 2 is 2.26 bits per heavy atom. The van der Waals surface area contributed by atoms with Crippen LogP contribution in [-0.4, -0.2) is 25.0 Å². The largest absolute Gasteiger partial charge is 0.478 e. The molecule has 19 heavy (non-hydrogen) atoms. The van der Waals surface area contributed by atoms with Crippen molar-refractivity contribution in [2.45, 2.75) is 6.54 Å². The summed E-state index contributed by atoms with van der Waals surface area (Å²) in [5.41, 5.74) is 8.37. The molecule has 0 amide bonds. The van der Waals surface area contributed by atoms with Crippen molar-refractivity contribution in [1.29, 1.82) is 0 Å². The lowest BCUT2D eigenvalue weighted by atomic mass is 10.2. The number of nitrogens with two attached hydrogens (primary N) is 1. The Bertz CT molecular complexity index is 818. The number of carboxylic acids is 1. The van der Waals surface area contributed by atoms with Crippen LogP contribution in [0.1, 0.15) is 16.1 Å². The summed E-state index contributed by atoms with van der Waals surface area (Å²) >= 11 is 3.52. The van der Waals surface area contributed by atoms with Crippen molar-refractivity contribution < 1.29 is 9.90 Å². The van der Waals surface area contributed by atoms with Gasteiger partial charge in [-0.05, 0) is 34.1 Å². The van der Waals surface area contributed by atoms with Crippen LogP contribution in [0.15, 0.2) is 22.8 Å². The van der Waals surface area contributed by atoms with Crippen molar-refractivity contribution in [3.63, 3.8) is 0 Å². The molecular formula is C12H11BrN4O2. The number of rotatable bonds is 2. The first-order valence-corrected chi connectivity index (χ1v) is 6.42. The molecule has 1 aromatic carbocycles. The van der Waals surface area contributed by atoms with Gasteiger partial charge in [0.2, 0.25) is 5.78 Å². The second-order valence-corrected chi connectivity index (χ2v) is 5.01. The minimum atomic E-state index is -0.958. The Morgan fingerprint density at radius 1 is 1.53 bits per heavy atom. The quantitative estimate of drug-likeness (QED) is 0.752. The van der Waals surface area contributed by atoms with Gasteiger partial charge >= 0.3 is 5.97 Å². The van der Waals surface area contributed by atoms with Crippen LogP contribution in [0.5, 0.6) is 0 Å². The van der Waals surface area contributed by atoms with Gasteiger partial charge in [0.25, 0.3) is 0 Å². The Balaban J connectivity index is 2.41. The van der Waals surface area contributed by atoms with E-state index in [1.165, 1.54) is 0 Å². The number of nitrogens with zero attached hydrogens (tertiary/aromatic N) is 3. The van der Waals surface area contributed by atoms with Crippen LogP contribution in [0.4, 0.5) is 0 Å². The number of fused-ring (bicyclic) bond motifs is 3. The van der Waals surface area contributed by atoms with Gasteiger partial charge in [0.15, 0.2) is 0 Å². The summed E-state index contributed by atoms with van der Waals surface area (Å²) in [4.78, 5) is 15.4. The molecule has 98 valence electrons. The third-order valence-electron chi connectivity index (χ3n) is 3.22. The van der Waals surface area contributed by atoms with Crippen molar-refractivity contribution in [3.05, 3.63) is 34.1 Å². The van der Waals surface area contributed by atoms with Gasteiger partial charge < -0.3 is 15.4 Å². The summed E-state index contributed by atoms with van der Waals surface area (Å²) < 4.78 is 4.66. The highest BCUT2D eigenvalue weighted by Gasteiger charge is 2.17. The zero-order valence-corrected chi connectivity index (χ0v) is 11.7. The second kappa shape index (κ2) is 4.07. The van der Waals surface area contributed by atoms with Gasteiger partial charge in [-0.3, -0.25) is 4.40 Å². The van der Waals surface area contributed by atoms with Crippen LogP contribution >= 0.6 is 15.9 Å². The standard InChI is InChI=1S/C12H11BrN4O2/c1-16-9(5-14)10(13)17-8-3-2-6(11(18)19)4-7(8)15-12(16)17/h2-4H,5,14H2,1H3,(H,18,19). The molecule has 0 aliphatic carbocycles. The number of hydrogen-bond donors (Lipinski definition) is 2. The Hall–Kier alpha value is -1.86. The summed E-state index contributed by atoms with van der Waals surface area (Å²) in [5, 5.41) is 9.00. The lowest BCUT2D eigenvalue weighted by Crippen LogP contribution is -2.04. The van der Waals surface area contributed by atoms with E-state index < -0.39 is 5.97 Å². The van der Waals surface area contributed by atoms with Crippen molar-refractivity contribution in [1.82, 2.24) is 14.0 Å². The van der Waals surface area contributed by atoms with Crippen LogP contribution in [0.25, 0.3) is 16.8 Å². The molecule has 3 aromatic rings. The van der Waals surface area contributed by atoms with Gasteiger partial charge in [0, 0.05) is 13.6 Å². The van der Waals surface area contributed by atoms with Crippen LogP contribution in [0.3, 0.4) is 0 Å². The highest BCUT2D eigenvalue weighted by molar-refractivity contribution is 9.10. The van der Waals surface area contributed by atoms with Gasteiger partial charge in [-0.2, -0.15) is 0 Å². The summed E-state index contributed by atoms with van der Waals surface area (Å²) in [6.07, 6.45) is 0. The minimum Gasteiger partial charge on any atom is -0.478 e. The van der Waals surface area contributed by atoms with Gasteiger partial charge in [-0.25, -0.2) is 9.78 Å². The van der Waals surface area contributed by atoms with Gasteiger partial charge in [0.1, 0.15) is 4.60 Å². The maximum Gasteiger partial charge on any atom is 0.335 e. The molecule has 0 saturated carbocycles. The van der Waals surface area contributed by atoms with Crippen molar-refractivity contribution in [2.24, 2.45) is 12.8 Å². The van der Waals surface area contributed by atoms with Crippen molar-refractivity contribution in [2.75, 3.05) is 0 Å². The molecule has 3 N–H and O–H groups in total. The average molecular weight is 323 g/mol. The molecule has 6 nitrogen and oxygen atoms in total. The average Bonchev–Trinajstić information content (AvgIpc) is 2.86. The molecule has 0 fully saturated rings. The molecule has 3 rings (SSSR count). The van der Waals surface area contributed by atoms with E-state index in [0.717, 1.165) is 21.6 Å². The van der Waals surface area contributed by atoms with E-state index in [1.54, 1.807) is 18.2 Å². The summed E-state index contributed by atoms with van der Waals surface area (Å²) in [5.74, 6) is -0.231. The van der Waals surface area contributed by atoms with Crippen LogP contribution in [0, 0.1) is 0 Å². The lowest BCUT2D eigenvalue weighted by molar-refractivity contribution is 0.0697. The van der Waals surface area contributed by atoms with E-state index in [4.69, 9.17) is 10.8 Å². The first-order chi connectivity index (χ1) is 9.04.